The van der Waals surface area contributed by atoms with Crippen molar-refractivity contribution in [2.75, 3.05) is 19.6 Å². The van der Waals surface area contributed by atoms with E-state index in [1.165, 1.54) is 0 Å². The van der Waals surface area contributed by atoms with Gasteiger partial charge in [-0.2, -0.15) is 0 Å². The van der Waals surface area contributed by atoms with Crippen molar-refractivity contribution in [1.29, 1.82) is 0 Å². The van der Waals surface area contributed by atoms with Crippen LogP contribution in [0, 0.1) is 11.8 Å². The van der Waals surface area contributed by atoms with Gasteiger partial charge in [0.1, 0.15) is 5.60 Å². The van der Waals surface area contributed by atoms with Crippen molar-refractivity contribution < 1.29 is 19.1 Å². The van der Waals surface area contributed by atoms with Crippen LogP contribution in [-0.2, 0) is 14.3 Å². The number of likely N-dealkylation sites (tertiary alicyclic amines) is 2. The fraction of sp³-hybridized carbons (Fsp3) is 0.786. The van der Waals surface area contributed by atoms with Crippen LogP contribution < -0.4 is 0 Å². The number of carbonyl (C=O) groups is 3. The Labute approximate surface area is 118 Å². The molecule has 2 heterocycles. The van der Waals surface area contributed by atoms with Crippen molar-refractivity contribution in [1.82, 2.24) is 9.80 Å². The summed E-state index contributed by atoms with van der Waals surface area (Å²) in [5, 5.41) is 0. The standard InChI is InChI=1S/C14H20N2O4/c1-14(2,3)20-13(19)15-6-9-10(7-15)12(9)16-5-8(17)4-11(16)18/h9-10,12H,4-7H2,1-3H3/t9-,10+,12?. The minimum Gasteiger partial charge on any atom is -0.444 e. The lowest BCUT2D eigenvalue weighted by atomic mass is 10.2. The Kier molecular flexibility index (Phi) is 2.81. The van der Waals surface area contributed by atoms with Crippen LogP contribution in [0.4, 0.5) is 4.79 Å². The Morgan fingerprint density at radius 3 is 2.25 bits per heavy atom. The van der Waals surface area contributed by atoms with Gasteiger partial charge in [0.25, 0.3) is 0 Å². The molecule has 2 aliphatic heterocycles. The molecule has 0 aromatic rings. The van der Waals surface area contributed by atoms with Crippen molar-refractivity contribution >= 4 is 17.8 Å². The van der Waals surface area contributed by atoms with Crippen molar-refractivity contribution in [2.45, 2.75) is 38.8 Å². The quantitative estimate of drug-likeness (QED) is 0.662. The van der Waals surface area contributed by atoms with E-state index < -0.39 is 5.60 Å². The normalized spacial score (nSPS) is 32.6. The summed E-state index contributed by atoms with van der Waals surface area (Å²) in [5.41, 5.74) is -0.486. The second kappa shape index (κ2) is 4.20. The van der Waals surface area contributed by atoms with Gasteiger partial charge in [-0.05, 0) is 20.8 Å². The van der Waals surface area contributed by atoms with Crippen LogP contribution in [0.15, 0.2) is 0 Å². The van der Waals surface area contributed by atoms with Gasteiger partial charge in [0.2, 0.25) is 5.91 Å². The molecule has 110 valence electrons. The first kappa shape index (κ1) is 13.4. The average Bonchev–Trinajstić information content (AvgIpc) is 2.67. The van der Waals surface area contributed by atoms with E-state index >= 15 is 0 Å². The second-order valence-corrected chi connectivity index (χ2v) is 6.94. The summed E-state index contributed by atoms with van der Waals surface area (Å²) in [6.07, 6.45) is -0.238. The predicted molar refractivity (Wildman–Crippen MR) is 69.9 cm³/mol. The van der Waals surface area contributed by atoms with Crippen molar-refractivity contribution in [3.63, 3.8) is 0 Å². The van der Waals surface area contributed by atoms with E-state index in [1.807, 2.05) is 20.8 Å². The molecule has 0 aromatic carbocycles. The highest BCUT2D eigenvalue weighted by Gasteiger charge is 2.61. The number of amides is 2. The van der Waals surface area contributed by atoms with Crippen LogP contribution in [0.5, 0.6) is 0 Å². The Balaban J connectivity index is 1.55. The minimum atomic E-state index is -0.486. The van der Waals surface area contributed by atoms with Crippen molar-refractivity contribution in [2.24, 2.45) is 11.8 Å². The van der Waals surface area contributed by atoms with Crippen molar-refractivity contribution in [3.8, 4) is 0 Å². The monoisotopic (exact) mass is 280 g/mol. The molecule has 2 amide bonds. The summed E-state index contributed by atoms with van der Waals surface area (Å²) < 4.78 is 5.34. The summed E-state index contributed by atoms with van der Waals surface area (Å²) in [6.45, 7) is 7.05. The van der Waals surface area contributed by atoms with Gasteiger partial charge >= 0.3 is 6.09 Å². The average molecular weight is 280 g/mol. The molecule has 0 radical (unpaired) electrons. The SMILES string of the molecule is CC(C)(C)OC(=O)N1C[C@@H]2C(N3CC(=O)CC3=O)[C@@H]2C1. The highest BCUT2D eigenvalue weighted by molar-refractivity contribution is 6.05. The molecule has 1 unspecified atom stereocenters. The molecule has 6 nitrogen and oxygen atoms in total. The molecule has 1 saturated carbocycles. The van der Waals surface area contributed by atoms with Gasteiger partial charge in [-0.15, -0.1) is 0 Å². The molecular formula is C14H20N2O4. The molecule has 3 atom stereocenters. The number of piperidine rings is 1. The van der Waals surface area contributed by atoms with Crippen LogP contribution in [-0.4, -0.2) is 58.9 Å². The first-order chi connectivity index (χ1) is 9.26. The lowest BCUT2D eigenvalue weighted by Gasteiger charge is -2.27. The maximum Gasteiger partial charge on any atom is 0.410 e. The van der Waals surface area contributed by atoms with Crippen LogP contribution in [0.1, 0.15) is 27.2 Å². The fourth-order valence-corrected chi connectivity index (χ4v) is 3.31. The van der Waals surface area contributed by atoms with Crippen LogP contribution in [0.2, 0.25) is 0 Å². The van der Waals surface area contributed by atoms with Gasteiger partial charge in [0.05, 0.1) is 13.0 Å². The number of hydrogen-bond acceptors (Lipinski definition) is 4. The number of rotatable bonds is 1. The molecule has 0 aromatic heterocycles. The number of ether oxygens (including phenoxy) is 1. The van der Waals surface area contributed by atoms with E-state index in [-0.39, 0.29) is 36.8 Å². The van der Waals surface area contributed by atoms with Crippen LogP contribution >= 0.6 is 0 Å². The number of hydrogen-bond donors (Lipinski definition) is 0. The minimum absolute atomic E-state index is 0.00368. The molecule has 20 heavy (non-hydrogen) atoms. The predicted octanol–water partition coefficient (Wildman–Crippen LogP) is 0.653. The van der Waals surface area contributed by atoms with Gasteiger partial charge in [0, 0.05) is 31.0 Å². The third kappa shape index (κ3) is 2.27. The molecule has 3 rings (SSSR count). The molecule has 0 spiro atoms. The maximum atomic E-state index is 11.9. The molecule has 1 aliphatic carbocycles. The molecule has 0 bridgehead atoms. The highest BCUT2D eigenvalue weighted by Crippen LogP contribution is 2.49. The summed E-state index contributed by atoms with van der Waals surface area (Å²) >= 11 is 0. The Morgan fingerprint density at radius 1 is 1.20 bits per heavy atom. The molecule has 2 saturated heterocycles. The van der Waals surface area contributed by atoms with Crippen LogP contribution in [0.3, 0.4) is 0 Å². The maximum absolute atomic E-state index is 11.9. The third-order valence-electron chi connectivity index (χ3n) is 4.18. The van der Waals surface area contributed by atoms with Crippen LogP contribution in [0.25, 0.3) is 0 Å². The number of nitrogens with zero attached hydrogens (tertiary/aromatic N) is 2. The van der Waals surface area contributed by atoms with E-state index in [0.717, 1.165) is 0 Å². The molecule has 3 aliphatic rings. The zero-order valence-corrected chi connectivity index (χ0v) is 12.1. The van der Waals surface area contributed by atoms with Gasteiger partial charge in [0.15, 0.2) is 5.78 Å². The third-order valence-corrected chi connectivity index (χ3v) is 4.18. The van der Waals surface area contributed by atoms with E-state index in [2.05, 4.69) is 0 Å². The molecule has 0 N–H and O–H groups in total. The summed E-state index contributed by atoms with van der Waals surface area (Å²) in [7, 11) is 0. The van der Waals surface area contributed by atoms with Gasteiger partial charge in [-0.1, -0.05) is 0 Å². The summed E-state index contributed by atoms with van der Waals surface area (Å²) in [5.74, 6) is 0.580. The Bertz CT molecular complexity index is 470. The number of carbonyl (C=O) groups excluding carboxylic acids is 3. The Hall–Kier alpha value is -1.59. The second-order valence-electron chi connectivity index (χ2n) is 6.94. The van der Waals surface area contributed by atoms with E-state index in [9.17, 15) is 14.4 Å². The van der Waals surface area contributed by atoms with Crippen molar-refractivity contribution in [3.05, 3.63) is 0 Å². The lowest BCUT2D eigenvalue weighted by Crippen LogP contribution is -2.40. The van der Waals surface area contributed by atoms with E-state index in [1.54, 1.807) is 9.80 Å². The summed E-state index contributed by atoms with van der Waals surface area (Å²) in [6, 6.07) is 0.160. The van der Waals surface area contributed by atoms with Gasteiger partial charge < -0.3 is 14.5 Å². The lowest BCUT2D eigenvalue weighted by molar-refractivity contribution is -0.128. The molecule has 3 fully saturated rings. The summed E-state index contributed by atoms with van der Waals surface area (Å²) in [4.78, 5) is 38.3. The smallest absolute Gasteiger partial charge is 0.410 e. The number of Topliss-reactive ketones (excluding diaryl/α,β-unsaturated/α-hetero) is 1. The number of fused-ring (bicyclic) bond motifs is 1. The highest BCUT2D eigenvalue weighted by atomic mass is 16.6. The van der Waals surface area contributed by atoms with Gasteiger partial charge in [-0.25, -0.2) is 4.79 Å². The zero-order chi connectivity index (χ0) is 14.7. The topological polar surface area (TPSA) is 66.9 Å². The van der Waals surface area contributed by atoms with E-state index in [0.29, 0.717) is 24.9 Å². The number of ketones is 1. The first-order valence-electron chi connectivity index (χ1n) is 7.05. The largest absolute Gasteiger partial charge is 0.444 e. The molecule has 6 heteroatoms. The Morgan fingerprint density at radius 2 is 1.80 bits per heavy atom. The van der Waals surface area contributed by atoms with E-state index in [4.69, 9.17) is 4.74 Å². The molecular weight excluding hydrogens is 260 g/mol. The zero-order valence-electron chi connectivity index (χ0n) is 12.1. The first-order valence-corrected chi connectivity index (χ1v) is 7.05. The fourth-order valence-electron chi connectivity index (χ4n) is 3.31. The van der Waals surface area contributed by atoms with Gasteiger partial charge in [-0.3, -0.25) is 9.59 Å².